The van der Waals surface area contributed by atoms with E-state index in [4.69, 9.17) is 9.84 Å². The third-order valence-electron chi connectivity index (χ3n) is 2.35. The zero-order valence-electron chi connectivity index (χ0n) is 10.4. The van der Waals surface area contributed by atoms with Crippen molar-refractivity contribution in [3.63, 3.8) is 0 Å². The van der Waals surface area contributed by atoms with E-state index in [0.717, 1.165) is 0 Å². The molecule has 0 unspecified atom stereocenters. The van der Waals surface area contributed by atoms with E-state index >= 15 is 0 Å². The summed E-state index contributed by atoms with van der Waals surface area (Å²) in [4.78, 5) is 11.6. The minimum absolute atomic E-state index is 0.00919. The Morgan fingerprint density at radius 3 is 2.89 bits per heavy atom. The second-order valence-corrected chi connectivity index (χ2v) is 3.86. The number of amides is 2. The molecule has 1 atom stereocenters. The molecule has 1 aromatic rings. The van der Waals surface area contributed by atoms with E-state index in [1.54, 1.807) is 6.92 Å². The Balaban J connectivity index is 2.66. The van der Waals surface area contributed by atoms with Gasteiger partial charge in [-0.2, -0.15) is 0 Å². The molecule has 1 rings (SSSR count). The number of ether oxygens (including phenoxy) is 1. The van der Waals surface area contributed by atoms with Gasteiger partial charge in [0.15, 0.2) is 0 Å². The van der Waals surface area contributed by atoms with Crippen molar-refractivity contribution in [3.05, 3.63) is 24.0 Å². The second kappa shape index (κ2) is 6.80. The maximum absolute atomic E-state index is 13.1. The third kappa shape index (κ3) is 4.21. The molecule has 100 valence electrons. The average molecular weight is 256 g/mol. The van der Waals surface area contributed by atoms with Crippen molar-refractivity contribution in [1.82, 2.24) is 5.32 Å². The summed E-state index contributed by atoms with van der Waals surface area (Å²) < 4.78 is 18.1. The lowest BCUT2D eigenvalue weighted by Gasteiger charge is -2.15. The van der Waals surface area contributed by atoms with Crippen LogP contribution < -0.4 is 15.4 Å². The molecule has 0 bridgehead atoms. The smallest absolute Gasteiger partial charge is 0.319 e. The number of hydrogen-bond donors (Lipinski definition) is 3. The second-order valence-electron chi connectivity index (χ2n) is 3.86. The summed E-state index contributed by atoms with van der Waals surface area (Å²) in [6, 6.07) is 3.21. The van der Waals surface area contributed by atoms with Gasteiger partial charge in [0, 0.05) is 18.7 Å². The Labute approximate surface area is 105 Å². The van der Waals surface area contributed by atoms with Crippen LogP contribution in [-0.4, -0.2) is 30.9 Å². The van der Waals surface area contributed by atoms with Crippen molar-refractivity contribution in [2.75, 3.05) is 19.0 Å². The van der Waals surface area contributed by atoms with E-state index in [0.29, 0.717) is 12.2 Å². The molecule has 0 heterocycles. The van der Waals surface area contributed by atoms with Gasteiger partial charge in [-0.1, -0.05) is 0 Å². The summed E-state index contributed by atoms with van der Waals surface area (Å²) in [7, 11) is 1.44. The van der Waals surface area contributed by atoms with Crippen molar-refractivity contribution in [3.8, 4) is 5.75 Å². The van der Waals surface area contributed by atoms with Crippen LogP contribution in [0.2, 0.25) is 0 Å². The Hall–Kier alpha value is -1.82. The van der Waals surface area contributed by atoms with Gasteiger partial charge in [0.2, 0.25) is 0 Å². The predicted molar refractivity (Wildman–Crippen MR) is 66.3 cm³/mol. The van der Waals surface area contributed by atoms with E-state index in [9.17, 15) is 9.18 Å². The molecule has 3 N–H and O–H groups in total. The highest BCUT2D eigenvalue weighted by Gasteiger charge is 2.10. The van der Waals surface area contributed by atoms with Gasteiger partial charge in [-0.15, -0.1) is 0 Å². The first-order chi connectivity index (χ1) is 8.56. The zero-order valence-corrected chi connectivity index (χ0v) is 10.4. The number of aliphatic hydroxyl groups excluding tert-OH is 1. The summed E-state index contributed by atoms with van der Waals surface area (Å²) in [5.74, 6) is -0.0872. The molecular formula is C12H17FN2O3. The standard InChI is InChI=1S/C12H17FN2O3/c1-8(5-6-16)14-12(17)15-10-7-9(13)3-4-11(10)18-2/h3-4,7-8,16H,5-6H2,1-2H3,(H2,14,15,17)/t8-/m1/s1. The van der Waals surface area contributed by atoms with E-state index < -0.39 is 11.8 Å². The number of benzene rings is 1. The van der Waals surface area contributed by atoms with Crippen molar-refractivity contribution >= 4 is 11.7 Å². The van der Waals surface area contributed by atoms with E-state index in [2.05, 4.69) is 10.6 Å². The summed E-state index contributed by atoms with van der Waals surface area (Å²) >= 11 is 0. The van der Waals surface area contributed by atoms with Crippen LogP contribution in [0.1, 0.15) is 13.3 Å². The highest BCUT2D eigenvalue weighted by molar-refractivity contribution is 5.91. The van der Waals surface area contributed by atoms with Crippen molar-refractivity contribution in [2.24, 2.45) is 0 Å². The molecule has 0 saturated carbocycles. The topological polar surface area (TPSA) is 70.6 Å². The number of carbonyl (C=O) groups excluding carboxylic acids is 1. The molecule has 5 nitrogen and oxygen atoms in total. The molecule has 0 aliphatic heterocycles. The molecule has 2 amide bonds. The van der Waals surface area contributed by atoms with Gasteiger partial charge >= 0.3 is 6.03 Å². The van der Waals surface area contributed by atoms with E-state index in [-0.39, 0.29) is 18.3 Å². The van der Waals surface area contributed by atoms with E-state index in [1.807, 2.05) is 0 Å². The normalized spacial score (nSPS) is 11.8. The Morgan fingerprint density at radius 1 is 1.56 bits per heavy atom. The molecule has 0 fully saturated rings. The molecule has 0 radical (unpaired) electrons. The SMILES string of the molecule is COc1ccc(F)cc1NC(=O)N[C@H](C)CCO. The lowest BCUT2D eigenvalue weighted by Crippen LogP contribution is -2.36. The summed E-state index contributed by atoms with van der Waals surface area (Å²) in [5, 5.41) is 13.8. The van der Waals surface area contributed by atoms with Crippen LogP contribution in [0.4, 0.5) is 14.9 Å². The largest absolute Gasteiger partial charge is 0.495 e. The first kappa shape index (κ1) is 14.2. The van der Waals surface area contributed by atoms with Crippen LogP contribution in [0.5, 0.6) is 5.75 Å². The Kier molecular flexibility index (Phi) is 5.38. The first-order valence-corrected chi connectivity index (χ1v) is 5.58. The van der Waals surface area contributed by atoms with Gasteiger partial charge in [0.05, 0.1) is 12.8 Å². The summed E-state index contributed by atoms with van der Waals surface area (Å²) in [6.45, 7) is 1.75. The predicted octanol–water partition coefficient (Wildman–Crippen LogP) is 1.73. The minimum Gasteiger partial charge on any atom is -0.495 e. The number of methoxy groups -OCH3 is 1. The van der Waals surface area contributed by atoms with Crippen LogP contribution in [0, 0.1) is 5.82 Å². The zero-order chi connectivity index (χ0) is 13.5. The van der Waals surface area contributed by atoms with Gasteiger partial charge in [-0.3, -0.25) is 0 Å². The Bertz CT molecular complexity index is 412. The molecule has 0 aliphatic carbocycles. The number of urea groups is 1. The quantitative estimate of drug-likeness (QED) is 0.751. The van der Waals surface area contributed by atoms with Crippen LogP contribution >= 0.6 is 0 Å². The molecule has 0 aromatic heterocycles. The van der Waals surface area contributed by atoms with Crippen LogP contribution in [0.25, 0.3) is 0 Å². The number of anilines is 1. The molecule has 0 saturated heterocycles. The van der Waals surface area contributed by atoms with Crippen molar-refractivity contribution in [1.29, 1.82) is 0 Å². The Morgan fingerprint density at radius 2 is 2.28 bits per heavy atom. The van der Waals surface area contributed by atoms with Crippen molar-refractivity contribution < 1.29 is 19.0 Å². The van der Waals surface area contributed by atoms with Gasteiger partial charge in [0.1, 0.15) is 11.6 Å². The fourth-order valence-electron chi connectivity index (χ4n) is 1.43. The van der Waals surface area contributed by atoms with Gasteiger partial charge in [-0.05, 0) is 25.5 Å². The summed E-state index contributed by atoms with van der Waals surface area (Å²) in [6.07, 6.45) is 0.452. The van der Waals surface area contributed by atoms with Crippen LogP contribution in [0.3, 0.4) is 0 Å². The van der Waals surface area contributed by atoms with Gasteiger partial charge in [-0.25, -0.2) is 9.18 Å². The molecular weight excluding hydrogens is 239 g/mol. The molecule has 6 heteroatoms. The monoisotopic (exact) mass is 256 g/mol. The lowest BCUT2D eigenvalue weighted by atomic mass is 10.2. The average Bonchev–Trinajstić information content (AvgIpc) is 2.29. The lowest BCUT2D eigenvalue weighted by molar-refractivity contribution is 0.241. The maximum atomic E-state index is 13.1. The third-order valence-corrected chi connectivity index (χ3v) is 2.35. The number of hydrogen-bond acceptors (Lipinski definition) is 3. The minimum atomic E-state index is -0.472. The highest BCUT2D eigenvalue weighted by atomic mass is 19.1. The van der Waals surface area contributed by atoms with Crippen LogP contribution in [-0.2, 0) is 0 Å². The van der Waals surface area contributed by atoms with Crippen molar-refractivity contribution in [2.45, 2.75) is 19.4 Å². The molecule has 18 heavy (non-hydrogen) atoms. The molecule has 0 aliphatic rings. The fraction of sp³-hybridized carbons (Fsp3) is 0.417. The first-order valence-electron chi connectivity index (χ1n) is 5.58. The number of halogens is 1. The molecule has 1 aromatic carbocycles. The highest BCUT2D eigenvalue weighted by Crippen LogP contribution is 2.24. The van der Waals surface area contributed by atoms with E-state index in [1.165, 1.54) is 25.3 Å². The number of aliphatic hydroxyl groups is 1. The fourth-order valence-corrected chi connectivity index (χ4v) is 1.43. The number of rotatable bonds is 5. The maximum Gasteiger partial charge on any atom is 0.319 e. The van der Waals surface area contributed by atoms with Crippen LogP contribution in [0.15, 0.2) is 18.2 Å². The van der Waals surface area contributed by atoms with Gasteiger partial charge in [0.25, 0.3) is 0 Å². The molecule has 0 spiro atoms. The van der Waals surface area contributed by atoms with Gasteiger partial charge < -0.3 is 20.5 Å². The number of carbonyl (C=O) groups is 1. The number of nitrogens with one attached hydrogen (secondary N) is 2. The summed E-state index contributed by atoms with van der Waals surface area (Å²) in [5.41, 5.74) is 0.256.